The Morgan fingerprint density at radius 3 is 2.19 bits per heavy atom. The summed E-state index contributed by atoms with van der Waals surface area (Å²) in [4.78, 5) is 0. The molecule has 16 heavy (non-hydrogen) atoms. The predicted octanol–water partition coefficient (Wildman–Crippen LogP) is 3.38. The molecule has 0 radical (unpaired) electrons. The maximum absolute atomic E-state index is 9.72. The molecule has 0 saturated carbocycles. The summed E-state index contributed by atoms with van der Waals surface area (Å²) in [5.41, 5.74) is 3.70. The Hall–Kier alpha value is -1.96. The molecule has 0 bridgehead atoms. The molecule has 2 nitrogen and oxygen atoms in total. The summed E-state index contributed by atoms with van der Waals surface area (Å²) in [6.07, 6.45) is 0. The van der Waals surface area contributed by atoms with E-state index in [0.29, 0.717) is 5.56 Å². The normalized spacial score (nSPS) is 10.4. The lowest BCUT2D eigenvalue weighted by Crippen LogP contribution is -1.89. The summed E-state index contributed by atoms with van der Waals surface area (Å²) in [6, 6.07) is 11.4. The molecule has 0 heterocycles. The summed E-state index contributed by atoms with van der Waals surface area (Å²) in [7, 11) is 0. The van der Waals surface area contributed by atoms with Crippen molar-refractivity contribution in [1.29, 1.82) is 0 Å². The first kappa shape index (κ1) is 10.6. The number of phenols is 2. The van der Waals surface area contributed by atoms with Crippen LogP contribution < -0.4 is 0 Å². The Morgan fingerprint density at radius 2 is 1.56 bits per heavy atom. The SMILES string of the molecule is Cc1cc(O)c(O)c(C)c1-c1ccccc1. The van der Waals surface area contributed by atoms with Gasteiger partial charge in [0.2, 0.25) is 0 Å². The minimum atomic E-state index is -0.0605. The lowest BCUT2D eigenvalue weighted by molar-refractivity contribution is 0.401. The van der Waals surface area contributed by atoms with E-state index in [4.69, 9.17) is 0 Å². The monoisotopic (exact) mass is 214 g/mol. The number of hydrogen-bond donors (Lipinski definition) is 2. The maximum Gasteiger partial charge on any atom is 0.161 e. The van der Waals surface area contributed by atoms with Gasteiger partial charge in [0.25, 0.3) is 0 Å². The molecule has 2 rings (SSSR count). The summed E-state index contributed by atoms with van der Waals surface area (Å²) >= 11 is 0. The molecule has 2 aromatic rings. The fourth-order valence-corrected chi connectivity index (χ4v) is 2.00. The first-order chi connectivity index (χ1) is 7.61. The number of aromatic hydroxyl groups is 2. The Morgan fingerprint density at radius 1 is 0.938 bits per heavy atom. The average Bonchev–Trinajstić information content (AvgIpc) is 2.28. The molecule has 0 aliphatic heterocycles. The van der Waals surface area contributed by atoms with Gasteiger partial charge in [-0.2, -0.15) is 0 Å². The minimum absolute atomic E-state index is 0.0375. The highest BCUT2D eigenvalue weighted by atomic mass is 16.3. The van der Waals surface area contributed by atoms with Crippen LogP contribution in [0.25, 0.3) is 11.1 Å². The fourth-order valence-electron chi connectivity index (χ4n) is 2.00. The number of rotatable bonds is 1. The lowest BCUT2D eigenvalue weighted by atomic mass is 9.95. The van der Waals surface area contributed by atoms with Gasteiger partial charge < -0.3 is 10.2 Å². The van der Waals surface area contributed by atoms with E-state index < -0.39 is 0 Å². The quantitative estimate of drug-likeness (QED) is 0.714. The molecule has 0 spiro atoms. The third kappa shape index (κ3) is 1.63. The van der Waals surface area contributed by atoms with Crippen LogP contribution in [0.1, 0.15) is 11.1 Å². The van der Waals surface area contributed by atoms with Gasteiger partial charge in [-0.1, -0.05) is 30.3 Å². The van der Waals surface area contributed by atoms with Crippen LogP contribution in [0.3, 0.4) is 0 Å². The maximum atomic E-state index is 9.72. The highest BCUT2D eigenvalue weighted by Crippen LogP contribution is 2.38. The zero-order chi connectivity index (χ0) is 11.7. The smallest absolute Gasteiger partial charge is 0.161 e. The number of phenolic OH excluding ortho intramolecular Hbond substituents is 2. The molecule has 82 valence electrons. The molecule has 0 aliphatic carbocycles. The van der Waals surface area contributed by atoms with Gasteiger partial charge in [0, 0.05) is 5.56 Å². The molecule has 2 N–H and O–H groups in total. The van der Waals surface area contributed by atoms with Crippen molar-refractivity contribution in [2.24, 2.45) is 0 Å². The topological polar surface area (TPSA) is 40.5 Å². The van der Waals surface area contributed by atoms with Gasteiger partial charge in [-0.3, -0.25) is 0 Å². The van der Waals surface area contributed by atoms with Gasteiger partial charge in [0.1, 0.15) is 0 Å². The van der Waals surface area contributed by atoms with E-state index in [1.807, 2.05) is 44.2 Å². The van der Waals surface area contributed by atoms with Crippen LogP contribution in [0.15, 0.2) is 36.4 Å². The molecule has 0 fully saturated rings. The molecule has 0 aliphatic rings. The Kier molecular flexibility index (Phi) is 2.57. The van der Waals surface area contributed by atoms with Crippen LogP contribution in [-0.4, -0.2) is 10.2 Å². The van der Waals surface area contributed by atoms with Crippen LogP contribution in [0.2, 0.25) is 0 Å². The van der Waals surface area contributed by atoms with Gasteiger partial charge in [0.05, 0.1) is 0 Å². The van der Waals surface area contributed by atoms with E-state index in [2.05, 4.69) is 0 Å². The van der Waals surface area contributed by atoms with Crippen LogP contribution in [0.4, 0.5) is 0 Å². The van der Waals surface area contributed by atoms with Gasteiger partial charge in [-0.05, 0) is 36.6 Å². The molecule has 0 unspecified atom stereocenters. The first-order valence-corrected chi connectivity index (χ1v) is 5.19. The third-order valence-corrected chi connectivity index (χ3v) is 2.78. The van der Waals surface area contributed by atoms with Crippen LogP contribution in [0, 0.1) is 13.8 Å². The number of aryl methyl sites for hydroxylation is 1. The van der Waals surface area contributed by atoms with E-state index in [0.717, 1.165) is 16.7 Å². The van der Waals surface area contributed by atoms with Crippen LogP contribution >= 0.6 is 0 Å². The van der Waals surface area contributed by atoms with E-state index in [9.17, 15) is 10.2 Å². The summed E-state index contributed by atoms with van der Waals surface area (Å²) in [5.74, 6) is -0.0980. The molecule has 0 aromatic heterocycles. The van der Waals surface area contributed by atoms with Crippen LogP contribution in [0.5, 0.6) is 11.5 Å². The van der Waals surface area contributed by atoms with E-state index in [1.54, 1.807) is 6.07 Å². The Bertz CT molecular complexity index is 516. The molecule has 0 saturated heterocycles. The molecule has 2 aromatic carbocycles. The lowest BCUT2D eigenvalue weighted by Gasteiger charge is -2.12. The van der Waals surface area contributed by atoms with Crippen molar-refractivity contribution in [1.82, 2.24) is 0 Å². The third-order valence-electron chi connectivity index (χ3n) is 2.78. The average molecular weight is 214 g/mol. The van der Waals surface area contributed by atoms with Gasteiger partial charge in [-0.15, -0.1) is 0 Å². The first-order valence-electron chi connectivity index (χ1n) is 5.19. The van der Waals surface area contributed by atoms with Crippen molar-refractivity contribution in [3.05, 3.63) is 47.5 Å². The summed E-state index contributed by atoms with van der Waals surface area (Å²) in [5, 5.41) is 19.2. The standard InChI is InChI=1S/C14H14O2/c1-9-8-12(15)14(16)10(2)13(9)11-6-4-3-5-7-11/h3-8,15-16H,1-2H3. The highest BCUT2D eigenvalue weighted by molar-refractivity contribution is 5.75. The Balaban J connectivity index is 2.71. The second-order valence-corrected chi connectivity index (χ2v) is 3.93. The van der Waals surface area contributed by atoms with Gasteiger partial charge >= 0.3 is 0 Å². The second-order valence-electron chi connectivity index (χ2n) is 3.93. The van der Waals surface area contributed by atoms with Crippen molar-refractivity contribution < 1.29 is 10.2 Å². The Labute approximate surface area is 94.8 Å². The molecule has 0 atom stereocenters. The van der Waals surface area contributed by atoms with E-state index in [-0.39, 0.29) is 11.5 Å². The summed E-state index contributed by atoms with van der Waals surface area (Å²) in [6.45, 7) is 3.74. The van der Waals surface area contributed by atoms with Crippen molar-refractivity contribution in [3.63, 3.8) is 0 Å². The zero-order valence-corrected chi connectivity index (χ0v) is 9.36. The minimum Gasteiger partial charge on any atom is -0.504 e. The van der Waals surface area contributed by atoms with Crippen LogP contribution in [-0.2, 0) is 0 Å². The molecule has 0 amide bonds. The number of hydrogen-bond acceptors (Lipinski definition) is 2. The van der Waals surface area contributed by atoms with Crippen molar-refractivity contribution in [3.8, 4) is 22.6 Å². The van der Waals surface area contributed by atoms with Gasteiger partial charge in [0.15, 0.2) is 11.5 Å². The van der Waals surface area contributed by atoms with Crippen molar-refractivity contribution in [2.75, 3.05) is 0 Å². The largest absolute Gasteiger partial charge is 0.504 e. The highest BCUT2D eigenvalue weighted by Gasteiger charge is 2.12. The summed E-state index contributed by atoms with van der Waals surface area (Å²) < 4.78 is 0. The number of benzene rings is 2. The van der Waals surface area contributed by atoms with Crippen molar-refractivity contribution in [2.45, 2.75) is 13.8 Å². The molecular formula is C14H14O2. The molecule has 2 heteroatoms. The van der Waals surface area contributed by atoms with Crippen molar-refractivity contribution >= 4 is 0 Å². The van der Waals surface area contributed by atoms with E-state index in [1.165, 1.54) is 0 Å². The molecular weight excluding hydrogens is 200 g/mol. The fraction of sp³-hybridized carbons (Fsp3) is 0.143. The predicted molar refractivity (Wildman–Crippen MR) is 64.7 cm³/mol. The zero-order valence-electron chi connectivity index (χ0n) is 9.36. The van der Waals surface area contributed by atoms with Gasteiger partial charge in [-0.25, -0.2) is 0 Å². The van der Waals surface area contributed by atoms with E-state index >= 15 is 0 Å². The second kappa shape index (κ2) is 3.89.